The van der Waals surface area contributed by atoms with Crippen molar-refractivity contribution in [3.63, 3.8) is 0 Å². The average Bonchev–Trinajstić information content (AvgIpc) is 2.18. The monoisotopic (exact) mass is 197 g/mol. The van der Waals surface area contributed by atoms with Crippen molar-refractivity contribution in [2.24, 2.45) is 5.73 Å². The molecule has 1 aromatic carbocycles. The minimum atomic E-state index is -0.0198. The van der Waals surface area contributed by atoms with Gasteiger partial charge in [-0.25, -0.2) is 0 Å². The van der Waals surface area contributed by atoms with Crippen molar-refractivity contribution in [3.8, 4) is 0 Å². The lowest BCUT2D eigenvalue weighted by Gasteiger charge is -2.13. The van der Waals surface area contributed by atoms with Gasteiger partial charge in [0, 0.05) is 12.0 Å². The summed E-state index contributed by atoms with van der Waals surface area (Å²) in [5.41, 5.74) is 7.11. The van der Waals surface area contributed by atoms with Crippen LogP contribution in [0.4, 0.5) is 0 Å². The Morgan fingerprint density at radius 1 is 1.46 bits per heavy atom. The fourth-order valence-corrected chi connectivity index (χ4v) is 1.91. The van der Waals surface area contributed by atoms with Gasteiger partial charge >= 0.3 is 0 Å². The highest BCUT2D eigenvalue weighted by atomic mass is 32.2. The lowest BCUT2D eigenvalue weighted by atomic mass is 10.1. The van der Waals surface area contributed by atoms with E-state index in [9.17, 15) is 0 Å². The van der Waals surface area contributed by atoms with Crippen LogP contribution in [0.15, 0.2) is 29.2 Å². The summed E-state index contributed by atoms with van der Waals surface area (Å²) in [5.74, 6) is 0. The number of ether oxygens (including phenoxy) is 1. The molecular formula is C10H15NOS. The molecule has 3 heteroatoms. The van der Waals surface area contributed by atoms with Crippen LogP contribution < -0.4 is 5.73 Å². The fraction of sp³-hybridized carbons (Fsp3) is 0.400. The van der Waals surface area contributed by atoms with E-state index in [-0.39, 0.29) is 6.04 Å². The van der Waals surface area contributed by atoms with E-state index >= 15 is 0 Å². The van der Waals surface area contributed by atoms with Gasteiger partial charge in [-0.3, -0.25) is 0 Å². The Hall–Kier alpha value is -0.510. The van der Waals surface area contributed by atoms with Crippen LogP contribution >= 0.6 is 11.8 Å². The second-order valence-electron chi connectivity index (χ2n) is 2.80. The van der Waals surface area contributed by atoms with Gasteiger partial charge in [0.1, 0.15) is 0 Å². The van der Waals surface area contributed by atoms with Gasteiger partial charge in [0.15, 0.2) is 0 Å². The van der Waals surface area contributed by atoms with E-state index < -0.39 is 0 Å². The van der Waals surface area contributed by atoms with E-state index in [0.29, 0.717) is 6.61 Å². The standard InChI is InChI=1S/C10H15NOS/c1-12-7-9(11)8-5-3-4-6-10(8)13-2/h3-6,9H,7,11H2,1-2H3/t9-/m0/s1. The van der Waals surface area contributed by atoms with Crippen LogP contribution in [0.2, 0.25) is 0 Å². The molecular weight excluding hydrogens is 182 g/mol. The van der Waals surface area contributed by atoms with Gasteiger partial charge in [0.05, 0.1) is 12.6 Å². The Kier molecular flexibility index (Phi) is 4.28. The Labute approximate surface area is 83.5 Å². The zero-order valence-electron chi connectivity index (χ0n) is 7.99. The van der Waals surface area contributed by atoms with Crippen LogP contribution in [0.5, 0.6) is 0 Å². The molecule has 0 bridgehead atoms. The lowest BCUT2D eigenvalue weighted by Crippen LogP contribution is -2.16. The van der Waals surface area contributed by atoms with Gasteiger partial charge in [0.25, 0.3) is 0 Å². The molecule has 0 unspecified atom stereocenters. The molecule has 2 nitrogen and oxygen atoms in total. The fourth-order valence-electron chi connectivity index (χ4n) is 1.24. The third-order valence-electron chi connectivity index (χ3n) is 1.88. The Balaban J connectivity index is 2.85. The predicted molar refractivity (Wildman–Crippen MR) is 57.0 cm³/mol. The van der Waals surface area contributed by atoms with Crippen LogP contribution in [-0.2, 0) is 4.74 Å². The van der Waals surface area contributed by atoms with Crippen LogP contribution in [0, 0.1) is 0 Å². The minimum absolute atomic E-state index is 0.0198. The maximum atomic E-state index is 5.94. The third kappa shape index (κ3) is 2.72. The molecule has 0 saturated carbocycles. The zero-order chi connectivity index (χ0) is 9.68. The molecule has 0 heterocycles. The second-order valence-corrected chi connectivity index (χ2v) is 3.65. The summed E-state index contributed by atoms with van der Waals surface area (Å²) in [6.45, 7) is 0.567. The lowest BCUT2D eigenvalue weighted by molar-refractivity contribution is 0.180. The molecule has 0 saturated heterocycles. The van der Waals surface area contributed by atoms with Gasteiger partial charge in [-0.1, -0.05) is 18.2 Å². The molecule has 1 atom stereocenters. The van der Waals surface area contributed by atoms with Crippen molar-refractivity contribution < 1.29 is 4.74 Å². The average molecular weight is 197 g/mol. The molecule has 0 amide bonds. The summed E-state index contributed by atoms with van der Waals surface area (Å²) in [6, 6.07) is 8.14. The molecule has 0 aliphatic rings. The summed E-state index contributed by atoms with van der Waals surface area (Å²) in [4.78, 5) is 1.23. The molecule has 1 aromatic rings. The number of nitrogens with two attached hydrogens (primary N) is 1. The van der Waals surface area contributed by atoms with E-state index in [1.54, 1.807) is 18.9 Å². The smallest absolute Gasteiger partial charge is 0.0655 e. The van der Waals surface area contributed by atoms with E-state index in [1.165, 1.54) is 4.90 Å². The van der Waals surface area contributed by atoms with Gasteiger partial charge in [-0.15, -0.1) is 11.8 Å². The maximum Gasteiger partial charge on any atom is 0.0655 e. The van der Waals surface area contributed by atoms with E-state index in [0.717, 1.165) is 5.56 Å². The van der Waals surface area contributed by atoms with Crippen molar-refractivity contribution in [1.29, 1.82) is 0 Å². The number of methoxy groups -OCH3 is 1. The highest BCUT2D eigenvalue weighted by Crippen LogP contribution is 2.24. The first-order valence-corrected chi connectivity index (χ1v) is 5.39. The van der Waals surface area contributed by atoms with E-state index in [1.807, 2.05) is 12.1 Å². The predicted octanol–water partition coefficient (Wildman–Crippen LogP) is 2.05. The molecule has 2 N–H and O–H groups in total. The summed E-state index contributed by atoms with van der Waals surface area (Å²) in [7, 11) is 1.67. The summed E-state index contributed by atoms with van der Waals surface area (Å²) >= 11 is 1.71. The number of benzene rings is 1. The molecule has 0 fully saturated rings. The second kappa shape index (κ2) is 5.27. The normalized spacial score (nSPS) is 12.8. The SMILES string of the molecule is COC[C@H](N)c1ccccc1SC. The quantitative estimate of drug-likeness (QED) is 0.750. The van der Waals surface area contributed by atoms with Crippen LogP contribution in [-0.4, -0.2) is 20.0 Å². The minimum Gasteiger partial charge on any atom is -0.383 e. The van der Waals surface area contributed by atoms with Crippen molar-refractivity contribution in [2.45, 2.75) is 10.9 Å². The molecule has 0 aliphatic carbocycles. The molecule has 0 spiro atoms. The molecule has 72 valence electrons. The van der Waals surface area contributed by atoms with E-state index in [2.05, 4.69) is 18.4 Å². The van der Waals surface area contributed by atoms with E-state index in [4.69, 9.17) is 10.5 Å². The topological polar surface area (TPSA) is 35.2 Å². The van der Waals surface area contributed by atoms with Gasteiger partial charge in [-0.2, -0.15) is 0 Å². The number of rotatable bonds is 4. The van der Waals surface area contributed by atoms with Gasteiger partial charge in [-0.05, 0) is 17.9 Å². The van der Waals surface area contributed by atoms with Crippen molar-refractivity contribution in [2.75, 3.05) is 20.0 Å². The van der Waals surface area contributed by atoms with Crippen molar-refractivity contribution in [3.05, 3.63) is 29.8 Å². The largest absolute Gasteiger partial charge is 0.383 e. The third-order valence-corrected chi connectivity index (χ3v) is 2.70. The highest BCUT2D eigenvalue weighted by Gasteiger charge is 2.08. The summed E-state index contributed by atoms with van der Waals surface area (Å²) in [5, 5.41) is 0. The number of thioether (sulfide) groups is 1. The first kappa shape index (κ1) is 10.6. The first-order chi connectivity index (χ1) is 6.29. The van der Waals surface area contributed by atoms with Crippen LogP contribution in [0.3, 0.4) is 0 Å². The van der Waals surface area contributed by atoms with Gasteiger partial charge < -0.3 is 10.5 Å². The summed E-state index contributed by atoms with van der Waals surface area (Å²) < 4.78 is 5.02. The maximum absolute atomic E-state index is 5.94. The highest BCUT2D eigenvalue weighted by molar-refractivity contribution is 7.98. The summed E-state index contributed by atoms with van der Waals surface area (Å²) in [6.07, 6.45) is 2.05. The molecule has 13 heavy (non-hydrogen) atoms. The Morgan fingerprint density at radius 2 is 2.15 bits per heavy atom. The zero-order valence-corrected chi connectivity index (χ0v) is 8.80. The Morgan fingerprint density at radius 3 is 2.77 bits per heavy atom. The molecule has 0 radical (unpaired) electrons. The van der Waals surface area contributed by atoms with Crippen LogP contribution in [0.25, 0.3) is 0 Å². The first-order valence-electron chi connectivity index (χ1n) is 4.17. The number of hydrogen-bond donors (Lipinski definition) is 1. The van der Waals surface area contributed by atoms with Crippen molar-refractivity contribution >= 4 is 11.8 Å². The molecule has 0 aromatic heterocycles. The van der Waals surface area contributed by atoms with Crippen molar-refractivity contribution in [1.82, 2.24) is 0 Å². The molecule has 1 rings (SSSR count). The Bertz CT molecular complexity index is 265. The van der Waals surface area contributed by atoms with Gasteiger partial charge in [0.2, 0.25) is 0 Å². The molecule has 0 aliphatic heterocycles. The van der Waals surface area contributed by atoms with Crippen LogP contribution in [0.1, 0.15) is 11.6 Å². The number of hydrogen-bond acceptors (Lipinski definition) is 3.